The molecule has 0 amide bonds. The van der Waals surface area contributed by atoms with Crippen LogP contribution in [0.2, 0.25) is 0 Å². The Hall–Kier alpha value is -1.84. The highest BCUT2D eigenvalue weighted by Crippen LogP contribution is 2.20. The number of aromatic nitrogens is 2. The standard InChI is InChI=1S/C11H11FN2O/c1-7-8(2)14(15)11(13-7)9-3-5-10(12)6-4-9/h3-6,15H,1-2H3. The molecule has 0 aliphatic heterocycles. The van der Waals surface area contributed by atoms with Gasteiger partial charge in [-0.25, -0.2) is 9.37 Å². The van der Waals surface area contributed by atoms with Crippen molar-refractivity contribution in [1.82, 2.24) is 9.71 Å². The molecule has 0 unspecified atom stereocenters. The average molecular weight is 206 g/mol. The lowest BCUT2D eigenvalue weighted by molar-refractivity contribution is 0.184. The molecule has 1 aromatic heterocycles. The van der Waals surface area contributed by atoms with Gasteiger partial charge in [0.25, 0.3) is 0 Å². The topological polar surface area (TPSA) is 38.0 Å². The number of nitrogens with zero attached hydrogens (tertiary/aromatic N) is 2. The van der Waals surface area contributed by atoms with Gasteiger partial charge in [0.15, 0.2) is 5.82 Å². The van der Waals surface area contributed by atoms with E-state index in [1.807, 2.05) is 6.92 Å². The minimum Gasteiger partial charge on any atom is -0.427 e. The van der Waals surface area contributed by atoms with Gasteiger partial charge in [-0.15, -0.1) is 0 Å². The maximum atomic E-state index is 12.7. The fourth-order valence-electron chi connectivity index (χ4n) is 1.39. The predicted molar refractivity (Wildman–Crippen MR) is 54.3 cm³/mol. The molecule has 0 fully saturated rings. The number of halogens is 1. The quantitative estimate of drug-likeness (QED) is 0.728. The van der Waals surface area contributed by atoms with Gasteiger partial charge < -0.3 is 5.21 Å². The third kappa shape index (κ3) is 1.58. The molecule has 1 aromatic carbocycles. The molecule has 4 heteroatoms. The highest BCUT2D eigenvalue weighted by molar-refractivity contribution is 5.56. The summed E-state index contributed by atoms with van der Waals surface area (Å²) in [4.78, 5) is 4.20. The first-order chi connectivity index (χ1) is 7.09. The number of rotatable bonds is 1. The van der Waals surface area contributed by atoms with Gasteiger partial charge in [-0.2, -0.15) is 4.73 Å². The molecule has 0 aliphatic rings. The first kappa shape index (κ1) is 9.71. The molecule has 0 spiro atoms. The SMILES string of the molecule is Cc1nc(-c2ccc(F)cc2)n(O)c1C. The van der Waals surface area contributed by atoms with E-state index in [1.54, 1.807) is 19.1 Å². The highest BCUT2D eigenvalue weighted by Gasteiger charge is 2.11. The van der Waals surface area contributed by atoms with E-state index < -0.39 is 0 Å². The largest absolute Gasteiger partial charge is 0.427 e. The van der Waals surface area contributed by atoms with Crippen LogP contribution in [-0.2, 0) is 0 Å². The van der Waals surface area contributed by atoms with Crippen LogP contribution < -0.4 is 0 Å². The summed E-state index contributed by atoms with van der Waals surface area (Å²) in [5, 5.41) is 9.70. The van der Waals surface area contributed by atoms with Crippen LogP contribution in [0, 0.1) is 19.7 Å². The van der Waals surface area contributed by atoms with Crippen molar-refractivity contribution < 1.29 is 9.60 Å². The van der Waals surface area contributed by atoms with Crippen LogP contribution in [0.3, 0.4) is 0 Å². The third-order valence-corrected chi connectivity index (χ3v) is 2.42. The summed E-state index contributed by atoms with van der Waals surface area (Å²) in [7, 11) is 0. The Morgan fingerprint density at radius 2 is 1.80 bits per heavy atom. The molecule has 0 saturated carbocycles. The van der Waals surface area contributed by atoms with Crippen molar-refractivity contribution in [2.75, 3.05) is 0 Å². The third-order valence-electron chi connectivity index (χ3n) is 2.42. The lowest BCUT2D eigenvalue weighted by Gasteiger charge is -2.01. The predicted octanol–water partition coefficient (Wildman–Crippen LogP) is 2.54. The lowest BCUT2D eigenvalue weighted by Crippen LogP contribution is -1.96. The van der Waals surface area contributed by atoms with Crippen LogP contribution in [0.1, 0.15) is 11.4 Å². The highest BCUT2D eigenvalue weighted by atomic mass is 19.1. The molecule has 1 N–H and O–H groups in total. The Bertz CT molecular complexity index is 488. The first-order valence-corrected chi connectivity index (χ1v) is 4.60. The minimum absolute atomic E-state index is 0.303. The first-order valence-electron chi connectivity index (χ1n) is 4.60. The number of imidazole rings is 1. The van der Waals surface area contributed by atoms with Gasteiger partial charge in [-0.05, 0) is 38.1 Å². The van der Waals surface area contributed by atoms with Gasteiger partial charge >= 0.3 is 0 Å². The average Bonchev–Trinajstić information content (AvgIpc) is 2.47. The van der Waals surface area contributed by atoms with Crippen molar-refractivity contribution in [2.45, 2.75) is 13.8 Å². The molecular formula is C11H11FN2O. The molecule has 2 rings (SSSR count). The molecule has 0 atom stereocenters. The molecule has 0 saturated heterocycles. The molecule has 0 radical (unpaired) electrons. The second-order valence-electron chi connectivity index (χ2n) is 3.42. The van der Waals surface area contributed by atoms with Crippen LogP contribution in [0.5, 0.6) is 0 Å². The fourth-order valence-corrected chi connectivity index (χ4v) is 1.39. The summed E-state index contributed by atoms with van der Waals surface area (Å²) in [5.41, 5.74) is 2.14. The Balaban J connectivity index is 2.54. The fraction of sp³-hybridized carbons (Fsp3) is 0.182. The van der Waals surface area contributed by atoms with E-state index in [-0.39, 0.29) is 5.82 Å². The number of hydrogen-bond acceptors (Lipinski definition) is 2. The normalized spacial score (nSPS) is 10.6. The number of aryl methyl sites for hydroxylation is 1. The van der Waals surface area contributed by atoms with E-state index in [1.165, 1.54) is 12.1 Å². The van der Waals surface area contributed by atoms with E-state index in [0.717, 1.165) is 10.4 Å². The zero-order valence-corrected chi connectivity index (χ0v) is 8.53. The van der Waals surface area contributed by atoms with Crippen molar-refractivity contribution in [3.05, 3.63) is 41.5 Å². The van der Waals surface area contributed by atoms with Crippen molar-refractivity contribution >= 4 is 0 Å². The van der Waals surface area contributed by atoms with E-state index in [2.05, 4.69) is 4.98 Å². The monoisotopic (exact) mass is 206 g/mol. The molecule has 2 aromatic rings. The van der Waals surface area contributed by atoms with Crippen molar-refractivity contribution in [3.63, 3.8) is 0 Å². The van der Waals surface area contributed by atoms with E-state index in [9.17, 15) is 9.60 Å². The Labute approximate surface area is 86.8 Å². The number of hydrogen-bond donors (Lipinski definition) is 1. The van der Waals surface area contributed by atoms with Crippen LogP contribution in [0.4, 0.5) is 4.39 Å². The summed E-state index contributed by atoms with van der Waals surface area (Å²) in [6.07, 6.45) is 0. The van der Waals surface area contributed by atoms with Crippen molar-refractivity contribution in [2.24, 2.45) is 0 Å². The lowest BCUT2D eigenvalue weighted by atomic mass is 10.2. The second-order valence-corrected chi connectivity index (χ2v) is 3.42. The summed E-state index contributed by atoms with van der Waals surface area (Å²) < 4.78 is 13.7. The van der Waals surface area contributed by atoms with Gasteiger partial charge in [0, 0.05) is 5.56 Å². The molecular weight excluding hydrogens is 195 g/mol. The zero-order valence-electron chi connectivity index (χ0n) is 8.53. The van der Waals surface area contributed by atoms with Gasteiger partial charge in [-0.1, -0.05) is 0 Å². The van der Waals surface area contributed by atoms with Crippen LogP contribution >= 0.6 is 0 Å². The van der Waals surface area contributed by atoms with Crippen molar-refractivity contribution in [1.29, 1.82) is 0 Å². The minimum atomic E-state index is -0.303. The van der Waals surface area contributed by atoms with E-state index in [4.69, 9.17) is 0 Å². The molecule has 78 valence electrons. The summed E-state index contributed by atoms with van der Waals surface area (Å²) in [6.45, 7) is 3.59. The maximum absolute atomic E-state index is 12.7. The Morgan fingerprint density at radius 3 is 2.27 bits per heavy atom. The van der Waals surface area contributed by atoms with Gasteiger partial charge in [0.1, 0.15) is 5.82 Å². The van der Waals surface area contributed by atoms with E-state index >= 15 is 0 Å². The second kappa shape index (κ2) is 3.38. The maximum Gasteiger partial charge on any atom is 0.175 e. The van der Waals surface area contributed by atoms with Crippen LogP contribution in [0.25, 0.3) is 11.4 Å². The van der Waals surface area contributed by atoms with Gasteiger partial charge in [0.05, 0.1) is 11.4 Å². The zero-order chi connectivity index (χ0) is 11.0. The van der Waals surface area contributed by atoms with E-state index in [0.29, 0.717) is 17.1 Å². The van der Waals surface area contributed by atoms with Crippen molar-refractivity contribution in [3.8, 4) is 11.4 Å². The number of benzene rings is 1. The van der Waals surface area contributed by atoms with Gasteiger partial charge in [0.2, 0.25) is 0 Å². The summed E-state index contributed by atoms with van der Waals surface area (Å²) in [6, 6.07) is 5.86. The Kier molecular flexibility index (Phi) is 2.19. The summed E-state index contributed by atoms with van der Waals surface area (Å²) in [5.74, 6) is 0.133. The molecule has 1 heterocycles. The van der Waals surface area contributed by atoms with Crippen LogP contribution in [0.15, 0.2) is 24.3 Å². The molecule has 15 heavy (non-hydrogen) atoms. The summed E-state index contributed by atoms with van der Waals surface area (Å²) >= 11 is 0. The molecule has 0 aliphatic carbocycles. The Morgan fingerprint density at radius 1 is 1.20 bits per heavy atom. The smallest absolute Gasteiger partial charge is 0.175 e. The van der Waals surface area contributed by atoms with Gasteiger partial charge in [-0.3, -0.25) is 0 Å². The molecule has 3 nitrogen and oxygen atoms in total. The van der Waals surface area contributed by atoms with Crippen LogP contribution in [-0.4, -0.2) is 14.9 Å². The molecule has 0 bridgehead atoms.